The Hall–Kier alpha value is -1.72. The Morgan fingerprint density at radius 1 is 1.21 bits per heavy atom. The van der Waals surface area contributed by atoms with Crippen molar-refractivity contribution < 1.29 is 4.39 Å². The molecule has 1 aliphatic carbocycles. The van der Waals surface area contributed by atoms with Gasteiger partial charge >= 0.3 is 0 Å². The number of piperidine rings is 1. The minimum Gasteiger partial charge on any atom is -0.368 e. The van der Waals surface area contributed by atoms with E-state index in [-0.39, 0.29) is 5.82 Å². The minimum atomic E-state index is -0.334. The Labute approximate surface area is 145 Å². The molecule has 1 aromatic heterocycles. The second-order valence-electron chi connectivity index (χ2n) is 6.82. The Morgan fingerprint density at radius 3 is 2.79 bits per heavy atom. The Morgan fingerprint density at radius 2 is 2.04 bits per heavy atom. The smallest absolute Gasteiger partial charge is 0.148 e. The highest BCUT2D eigenvalue weighted by atomic mass is 35.5. The zero-order valence-corrected chi connectivity index (χ0v) is 14.1. The van der Waals surface area contributed by atoms with Crippen molar-refractivity contribution in [1.29, 1.82) is 0 Å². The van der Waals surface area contributed by atoms with E-state index in [0.29, 0.717) is 21.7 Å². The third-order valence-corrected chi connectivity index (χ3v) is 5.69. The monoisotopic (exact) mass is 346 g/mol. The number of benzene rings is 1. The van der Waals surface area contributed by atoms with Gasteiger partial charge in [-0.25, -0.2) is 4.39 Å². The molecule has 2 N–H and O–H groups in total. The van der Waals surface area contributed by atoms with E-state index in [0.717, 1.165) is 31.4 Å². The van der Waals surface area contributed by atoms with Crippen molar-refractivity contribution in [3.63, 3.8) is 0 Å². The van der Waals surface area contributed by atoms with E-state index < -0.39 is 0 Å². The molecule has 1 atom stereocenters. The molecule has 1 saturated heterocycles. The molecule has 0 radical (unpaired) electrons. The van der Waals surface area contributed by atoms with Gasteiger partial charge in [0.15, 0.2) is 0 Å². The standard InChI is InChI=1S/C18H20ClFN4/c19-15-2-1-13(20)9-14(15)16-3-4-17(24-23-16)22-11-12-10-18(12)5-7-21-8-6-18/h1-4,9,12,21H,5-8,10-11H2,(H,22,24). The Kier molecular flexibility index (Phi) is 4.14. The first-order valence-corrected chi connectivity index (χ1v) is 8.78. The van der Waals surface area contributed by atoms with E-state index in [2.05, 4.69) is 20.8 Å². The molecular formula is C18H20ClFN4. The van der Waals surface area contributed by atoms with Gasteiger partial charge in [-0.1, -0.05) is 11.6 Å². The molecule has 1 spiro atoms. The molecule has 2 aliphatic rings. The fourth-order valence-electron chi connectivity index (χ4n) is 3.75. The summed E-state index contributed by atoms with van der Waals surface area (Å²) in [6.07, 6.45) is 3.87. The summed E-state index contributed by atoms with van der Waals surface area (Å²) in [5.41, 5.74) is 1.69. The van der Waals surface area contributed by atoms with Crippen LogP contribution in [-0.4, -0.2) is 29.8 Å². The summed E-state index contributed by atoms with van der Waals surface area (Å²) in [7, 11) is 0. The van der Waals surface area contributed by atoms with Crippen molar-refractivity contribution in [3.8, 4) is 11.3 Å². The Bertz CT molecular complexity index is 728. The summed E-state index contributed by atoms with van der Waals surface area (Å²) in [6.45, 7) is 3.22. The number of hydrogen-bond acceptors (Lipinski definition) is 4. The van der Waals surface area contributed by atoms with Gasteiger partial charge in [-0.3, -0.25) is 0 Å². The predicted molar refractivity (Wildman–Crippen MR) is 93.6 cm³/mol. The van der Waals surface area contributed by atoms with Crippen LogP contribution in [0.25, 0.3) is 11.3 Å². The van der Waals surface area contributed by atoms with Crippen LogP contribution in [0.4, 0.5) is 10.2 Å². The van der Waals surface area contributed by atoms with Crippen LogP contribution in [0.2, 0.25) is 5.02 Å². The van der Waals surface area contributed by atoms with Crippen molar-refractivity contribution in [1.82, 2.24) is 15.5 Å². The molecule has 2 fully saturated rings. The molecule has 0 amide bonds. The average Bonchev–Trinajstić information content (AvgIpc) is 3.28. The lowest BCUT2D eigenvalue weighted by atomic mass is 9.92. The molecule has 2 aromatic rings. The summed E-state index contributed by atoms with van der Waals surface area (Å²) in [5.74, 6) is 1.15. The van der Waals surface area contributed by atoms with Gasteiger partial charge in [0, 0.05) is 12.1 Å². The van der Waals surface area contributed by atoms with Crippen LogP contribution in [0.15, 0.2) is 30.3 Å². The molecule has 1 saturated carbocycles. The van der Waals surface area contributed by atoms with Crippen LogP contribution in [0.5, 0.6) is 0 Å². The van der Waals surface area contributed by atoms with E-state index in [4.69, 9.17) is 11.6 Å². The molecular weight excluding hydrogens is 327 g/mol. The highest BCUT2D eigenvalue weighted by Gasteiger charge is 2.53. The fraction of sp³-hybridized carbons (Fsp3) is 0.444. The summed E-state index contributed by atoms with van der Waals surface area (Å²) in [6, 6.07) is 7.95. The first-order valence-electron chi connectivity index (χ1n) is 8.40. The van der Waals surface area contributed by atoms with Gasteiger partial charge in [0.2, 0.25) is 0 Å². The summed E-state index contributed by atoms with van der Waals surface area (Å²) >= 11 is 6.11. The molecule has 6 heteroatoms. The molecule has 1 aliphatic heterocycles. The van der Waals surface area contributed by atoms with E-state index in [1.54, 1.807) is 0 Å². The maximum Gasteiger partial charge on any atom is 0.148 e. The Balaban J connectivity index is 1.39. The summed E-state index contributed by atoms with van der Waals surface area (Å²) < 4.78 is 13.4. The van der Waals surface area contributed by atoms with Crippen LogP contribution < -0.4 is 10.6 Å². The second-order valence-corrected chi connectivity index (χ2v) is 7.23. The van der Waals surface area contributed by atoms with Crippen LogP contribution >= 0.6 is 11.6 Å². The van der Waals surface area contributed by atoms with E-state index in [1.165, 1.54) is 37.5 Å². The number of halogens is 2. The topological polar surface area (TPSA) is 49.8 Å². The minimum absolute atomic E-state index is 0.334. The zero-order chi connectivity index (χ0) is 16.6. The quantitative estimate of drug-likeness (QED) is 0.885. The molecule has 1 unspecified atom stereocenters. The van der Waals surface area contributed by atoms with Gasteiger partial charge in [0.25, 0.3) is 0 Å². The lowest BCUT2D eigenvalue weighted by Crippen LogP contribution is -2.30. The number of rotatable bonds is 4. The number of nitrogens with one attached hydrogen (secondary N) is 2. The van der Waals surface area contributed by atoms with Gasteiger partial charge in [-0.2, -0.15) is 0 Å². The van der Waals surface area contributed by atoms with Crippen LogP contribution in [0.1, 0.15) is 19.3 Å². The maximum atomic E-state index is 13.4. The largest absolute Gasteiger partial charge is 0.368 e. The van der Waals surface area contributed by atoms with Crippen molar-refractivity contribution in [2.75, 3.05) is 25.0 Å². The maximum absolute atomic E-state index is 13.4. The van der Waals surface area contributed by atoms with Crippen LogP contribution in [-0.2, 0) is 0 Å². The predicted octanol–water partition coefficient (Wildman–Crippen LogP) is 3.74. The number of nitrogens with zero attached hydrogens (tertiary/aromatic N) is 2. The fourth-order valence-corrected chi connectivity index (χ4v) is 3.96. The van der Waals surface area contributed by atoms with E-state index >= 15 is 0 Å². The third-order valence-electron chi connectivity index (χ3n) is 5.36. The van der Waals surface area contributed by atoms with Crippen molar-refractivity contribution in [2.45, 2.75) is 19.3 Å². The molecule has 1 aromatic carbocycles. The second kappa shape index (κ2) is 6.30. The van der Waals surface area contributed by atoms with Crippen LogP contribution in [0.3, 0.4) is 0 Å². The average molecular weight is 347 g/mol. The van der Waals surface area contributed by atoms with Gasteiger partial charge in [0.05, 0.1) is 10.7 Å². The number of aromatic nitrogens is 2. The van der Waals surface area contributed by atoms with E-state index in [9.17, 15) is 4.39 Å². The highest BCUT2D eigenvalue weighted by Crippen LogP contribution is 2.58. The molecule has 2 heterocycles. The summed E-state index contributed by atoms with van der Waals surface area (Å²) in [5, 5.41) is 15.7. The number of hydrogen-bond donors (Lipinski definition) is 2. The van der Waals surface area contributed by atoms with Crippen molar-refractivity contribution >= 4 is 17.4 Å². The van der Waals surface area contributed by atoms with Crippen molar-refractivity contribution in [2.24, 2.45) is 11.3 Å². The van der Waals surface area contributed by atoms with Crippen molar-refractivity contribution in [3.05, 3.63) is 41.2 Å². The first-order chi connectivity index (χ1) is 11.7. The summed E-state index contributed by atoms with van der Waals surface area (Å²) in [4.78, 5) is 0. The zero-order valence-electron chi connectivity index (χ0n) is 13.4. The van der Waals surface area contributed by atoms with Crippen LogP contribution in [0, 0.1) is 17.2 Å². The lowest BCUT2D eigenvalue weighted by Gasteiger charge is -2.23. The molecule has 126 valence electrons. The van der Waals surface area contributed by atoms with Gasteiger partial charge in [-0.05, 0) is 74.0 Å². The molecule has 0 bridgehead atoms. The van der Waals surface area contributed by atoms with E-state index in [1.807, 2.05) is 12.1 Å². The van der Waals surface area contributed by atoms with Gasteiger partial charge < -0.3 is 10.6 Å². The SMILES string of the molecule is Fc1ccc(Cl)c(-c2ccc(NCC3CC34CCNCC4)nn2)c1. The normalized spacial score (nSPS) is 21.7. The third kappa shape index (κ3) is 3.10. The molecule has 24 heavy (non-hydrogen) atoms. The molecule has 4 rings (SSSR count). The highest BCUT2D eigenvalue weighted by molar-refractivity contribution is 6.33. The number of anilines is 1. The lowest BCUT2D eigenvalue weighted by molar-refractivity contribution is 0.326. The first kappa shape index (κ1) is 15.8. The van der Waals surface area contributed by atoms with Gasteiger partial charge in [-0.15, -0.1) is 10.2 Å². The van der Waals surface area contributed by atoms with Gasteiger partial charge in [0.1, 0.15) is 11.6 Å². The molecule has 4 nitrogen and oxygen atoms in total.